The third-order valence-corrected chi connectivity index (χ3v) is 2.55. The van der Waals surface area contributed by atoms with Crippen LogP contribution in [0.5, 0.6) is 0 Å². The van der Waals surface area contributed by atoms with E-state index in [1.54, 1.807) is 6.92 Å². The molecule has 0 spiro atoms. The Bertz CT molecular complexity index is 316. The molecular formula is C11H18O8. The minimum Gasteiger partial charge on any atom is -0.469 e. The molecule has 19 heavy (non-hydrogen) atoms. The lowest BCUT2D eigenvalue weighted by Crippen LogP contribution is -2.58. The number of rotatable bonds is 5. The maximum atomic E-state index is 11.0. The van der Waals surface area contributed by atoms with Crippen molar-refractivity contribution in [3.63, 3.8) is 0 Å². The molecule has 1 rings (SSSR count). The number of aliphatic hydroxyl groups is 4. The lowest BCUT2D eigenvalue weighted by molar-refractivity contribution is -0.287. The largest absolute Gasteiger partial charge is 0.469 e. The molecule has 0 amide bonds. The van der Waals surface area contributed by atoms with Crippen molar-refractivity contribution >= 4 is 5.97 Å². The molecular weight excluding hydrogens is 260 g/mol. The molecule has 4 N–H and O–H groups in total. The zero-order valence-electron chi connectivity index (χ0n) is 10.4. The first-order valence-corrected chi connectivity index (χ1v) is 5.80. The van der Waals surface area contributed by atoms with Crippen molar-refractivity contribution in [2.75, 3.05) is 13.2 Å². The van der Waals surface area contributed by atoms with Gasteiger partial charge in [-0.1, -0.05) is 0 Å². The lowest BCUT2D eigenvalue weighted by Gasteiger charge is -2.38. The van der Waals surface area contributed by atoms with Gasteiger partial charge in [-0.15, -0.1) is 0 Å². The molecule has 1 fully saturated rings. The Balaban J connectivity index is 2.55. The Kier molecular flexibility index (Phi) is 6.19. The second-order valence-corrected chi connectivity index (χ2v) is 3.89. The summed E-state index contributed by atoms with van der Waals surface area (Å²) in [4.78, 5) is 11.0. The van der Waals surface area contributed by atoms with Crippen LogP contribution in [0.1, 0.15) is 6.92 Å². The number of hydrogen-bond donors (Lipinski definition) is 4. The number of hydrogen-bond acceptors (Lipinski definition) is 8. The molecule has 0 aliphatic carbocycles. The van der Waals surface area contributed by atoms with Gasteiger partial charge in [-0.05, 0) is 6.92 Å². The molecule has 0 aromatic rings. The van der Waals surface area contributed by atoms with Crippen LogP contribution in [-0.4, -0.2) is 70.3 Å². The molecule has 110 valence electrons. The highest BCUT2D eigenvalue weighted by Crippen LogP contribution is 2.21. The quantitative estimate of drug-likeness (QED) is 0.255. The van der Waals surface area contributed by atoms with E-state index in [-0.39, 0.29) is 6.61 Å². The van der Waals surface area contributed by atoms with E-state index in [2.05, 4.69) is 4.74 Å². The number of esters is 1. The predicted molar refractivity (Wildman–Crippen MR) is 60.6 cm³/mol. The number of carbonyl (C=O) groups is 1. The molecule has 1 heterocycles. The molecule has 0 aromatic carbocycles. The standard InChI is InChI=1S/C11H18O8/c1-2-17-7(13)3-4-18-11-10(16)9(15)8(14)6(5-12)19-11/h3-4,6,8-12,14-16H,2,5H2,1H3/b4-3+/t6-,8-,9+,10+,11+/m1/s1. The van der Waals surface area contributed by atoms with Gasteiger partial charge in [0.15, 0.2) is 0 Å². The van der Waals surface area contributed by atoms with Crippen LogP contribution in [0.15, 0.2) is 12.3 Å². The third kappa shape index (κ3) is 4.15. The van der Waals surface area contributed by atoms with Gasteiger partial charge in [0.1, 0.15) is 24.4 Å². The lowest BCUT2D eigenvalue weighted by atomic mass is 9.99. The smallest absolute Gasteiger partial charge is 0.333 e. The van der Waals surface area contributed by atoms with Crippen molar-refractivity contribution in [1.29, 1.82) is 0 Å². The number of aliphatic hydroxyl groups excluding tert-OH is 4. The van der Waals surface area contributed by atoms with Crippen molar-refractivity contribution < 1.29 is 39.4 Å². The molecule has 1 aliphatic rings. The first kappa shape index (κ1) is 15.9. The summed E-state index contributed by atoms with van der Waals surface area (Å²) in [6.07, 6.45) is -4.92. The first-order valence-electron chi connectivity index (χ1n) is 5.80. The highest BCUT2D eigenvalue weighted by Gasteiger charge is 2.44. The van der Waals surface area contributed by atoms with Crippen LogP contribution >= 0.6 is 0 Å². The van der Waals surface area contributed by atoms with Crippen LogP contribution in [0, 0.1) is 0 Å². The molecule has 1 aliphatic heterocycles. The van der Waals surface area contributed by atoms with Crippen LogP contribution in [0.3, 0.4) is 0 Å². The molecule has 0 unspecified atom stereocenters. The Labute approximate surface area is 109 Å². The van der Waals surface area contributed by atoms with E-state index < -0.39 is 43.3 Å². The van der Waals surface area contributed by atoms with E-state index in [1.807, 2.05) is 0 Å². The normalized spacial score (nSPS) is 35.3. The zero-order valence-corrected chi connectivity index (χ0v) is 10.4. The molecule has 0 aromatic heterocycles. The highest BCUT2D eigenvalue weighted by molar-refractivity contribution is 5.81. The molecule has 0 bridgehead atoms. The summed E-state index contributed by atoms with van der Waals surface area (Å²) >= 11 is 0. The third-order valence-electron chi connectivity index (χ3n) is 2.55. The maximum absolute atomic E-state index is 11.0. The summed E-state index contributed by atoms with van der Waals surface area (Å²) < 4.78 is 14.6. The predicted octanol–water partition coefficient (Wildman–Crippen LogP) is -2.12. The van der Waals surface area contributed by atoms with Gasteiger partial charge in [-0.25, -0.2) is 4.79 Å². The Morgan fingerprint density at radius 2 is 1.95 bits per heavy atom. The van der Waals surface area contributed by atoms with E-state index in [9.17, 15) is 20.1 Å². The molecule has 1 saturated heterocycles. The van der Waals surface area contributed by atoms with Crippen LogP contribution in [-0.2, 0) is 19.0 Å². The van der Waals surface area contributed by atoms with E-state index >= 15 is 0 Å². The SMILES string of the molecule is CCOC(=O)/C=C/O[C@H]1O[C@H](CO)[C@@H](O)[C@H](O)[C@@H]1O. The van der Waals surface area contributed by atoms with Gasteiger partial charge in [-0.2, -0.15) is 0 Å². The van der Waals surface area contributed by atoms with Gasteiger partial charge in [0.05, 0.1) is 25.6 Å². The fourth-order valence-electron chi connectivity index (χ4n) is 1.54. The number of carbonyl (C=O) groups excluding carboxylic acids is 1. The van der Waals surface area contributed by atoms with Crippen LogP contribution < -0.4 is 0 Å². The van der Waals surface area contributed by atoms with Gasteiger partial charge in [0.25, 0.3) is 0 Å². The number of ether oxygens (including phenoxy) is 3. The highest BCUT2D eigenvalue weighted by atomic mass is 16.7. The fourth-order valence-corrected chi connectivity index (χ4v) is 1.54. The Morgan fingerprint density at radius 1 is 1.26 bits per heavy atom. The van der Waals surface area contributed by atoms with Crippen molar-refractivity contribution in [3.8, 4) is 0 Å². The molecule has 0 radical (unpaired) electrons. The second kappa shape index (κ2) is 7.41. The summed E-state index contributed by atoms with van der Waals surface area (Å²) in [5, 5.41) is 37.5. The first-order chi connectivity index (χ1) is 9.01. The van der Waals surface area contributed by atoms with Gasteiger partial charge < -0.3 is 34.6 Å². The van der Waals surface area contributed by atoms with E-state index in [4.69, 9.17) is 14.6 Å². The average molecular weight is 278 g/mol. The van der Waals surface area contributed by atoms with Crippen molar-refractivity contribution in [2.45, 2.75) is 37.6 Å². The van der Waals surface area contributed by atoms with Gasteiger partial charge in [0, 0.05) is 0 Å². The van der Waals surface area contributed by atoms with Crippen molar-refractivity contribution in [3.05, 3.63) is 12.3 Å². The van der Waals surface area contributed by atoms with E-state index in [0.717, 1.165) is 12.3 Å². The van der Waals surface area contributed by atoms with Crippen molar-refractivity contribution in [1.82, 2.24) is 0 Å². The van der Waals surface area contributed by atoms with Gasteiger partial charge in [-0.3, -0.25) is 0 Å². The molecule has 5 atom stereocenters. The minimum absolute atomic E-state index is 0.212. The van der Waals surface area contributed by atoms with E-state index in [1.165, 1.54) is 0 Å². The topological polar surface area (TPSA) is 126 Å². The van der Waals surface area contributed by atoms with Crippen molar-refractivity contribution in [2.24, 2.45) is 0 Å². The molecule has 8 nitrogen and oxygen atoms in total. The monoisotopic (exact) mass is 278 g/mol. The summed E-state index contributed by atoms with van der Waals surface area (Å²) in [5.74, 6) is -0.632. The Hall–Kier alpha value is -1.19. The summed E-state index contributed by atoms with van der Waals surface area (Å²) in [5.41, 5.74) is 0. The summed E-state index contributed by atoms with van der Waals surface area (Å²) in [6, 6.07) is 0. The average Bonchev–Trinajstić information content (AvgIpc) is 2.39. The minimum atomic E-state index is -1.52. The summed E-state index contributed by atoms with van der Waals surface area (Å²) in [7, 11) is 0. The van der Waals surface area contributed by atoms with Gasteiger partial charge >= 0.3 is 5.97 Å². The molecule has 0 saturated carbocycles. The maximum Gasteiger partial charge on any atom is 0.333 e. The fraction of sp³-hybridized carbons (Fsp3) is 0.727. The van der Waals surface area contributed by atoms with Crippen LogP contribution in [0.25, 0.3) is 0 Å². The summed E-state index contributed by atoms with van der Waals surface area (Å²) in [6.45, 7) is 1.31. The van der Waals surface area contributed by atoms with E-state index in [0.29, 0.717) is 0 Å². The van der Waals surface area contributed by atoms with Crippen LogP contribution in [0.2, 0.25) is 0 Å². The van der Waals surface area contributed by atoms with Gasteiger partial charge in [0.2, 0.25) is 6.29 Å². The Morgan fingerprint density at radius 3 is 2.53 bits per heavy atom. The van der Waals surface area contributed by atoms with Crippen LogP contribution in [0.4, 0.5) is 0 Å². The molecule has 8 heteroatoms. The zero-order chi connectivity index (χ0) is 14.4. The second-order valence-electron chi connectivity index (χ2n) is 3.89.